The second kappa shape index (κ2) is 9.26. The van der Waals surface area contributed by atoms with Gasteiger partial charge in [-0.05, 0) is 37.8 Å². The van der Waals surface area contributed by atoms with Crippen molar-refractivity contribution in [1.82, 2.24) is 19.9 Å². The molecule has 3 aromatic rings. The highest BCUT2D eigenvalue weighted by Crippen LogP contribution is 2.37. The molecule has 1 saturated carbocycles. The SMILES string of the molecule is Cn1c(Nc2c(Cl)cccc2Cl)nc2cc(OC(=O)N[C@H]3CC[C@H](C(F)(F)F)CC3)cnc21. The summed E-state index contributed by atoms with van der Waals surface area (Å²) in [5.74, 6) is -0.731. The number of anilines is 2. The lowest BCUT2D eigenvalue weighted by Gasteiger charge is -2.29. The summed E-state index contributed by atoms with van der Waals surface area (Å²) in [6, 6.07) is 6.29. The van der Waals surface area contributed by atoms with Crippen molar-refractivity contribution in [2.24, 2.45) is 13.0 Å². The number of carbonyl (C=O) groups excluding carboxylic acids is 1. The normalized spacial score (nSPS) is 18.8. The minimum absolute atomic E-state index is 0.0128. The number of para-hydroxylation sites is 1. The van der Waals surface area contributed by atoms with E-state index in [2.05, 4.69) is 20.6 Å². The van der Waals surface area contributed by atoms with Crippen LogP contribution in [0.1, 0.15) is 25.7 Å². The van der Waals surface area contributed by atoms with Crippen LogP contribution in [0.3, 0.4) is 0 Å². The maximum atomic E-state index is 12.8. The molecule has 1 fully saturated rings. The third-order valence-corrected chi connectivity index (χ3v) is 6.24. The first-order valence-corrected chi connectivity index (χ1v) is 11.0. The van der Waals surface area contributed by atoms with Gasteiger partial charge in [0.2, 0.25) is 5.95 Å². The van der Waals surface area contributed by atoms with Crippen molar-refractivity contribution in [2.75, 3.05) is 5.32 Å². The fourth-order valence-corrected chi connectivity index (χ4v) is 4.31. The lowest BCUT2D eigenvalue weighted by Crippen LogP contribution is -2.41. The highest BCUT2D eigenvalue weighted by atomic mass is 35.5. The lowest BCUT2D eigenvalue weighted by molar-refractivity contribution is -0.182. The Morgan fingerprint density at radius 3 is 2.48 bits per heavy atom. The van der Waals surface area contributed by atoms with Gasteiger partial charge in [-0.2, -0.15) is 13.2 Å². The molecule has 1 amide bonds. The van der Waals surface area contributed by atoms with Crippen molar-refractivity contribution in [3.8, 4) is 5.75 Å². The Kier molecular flexibility index (Phi) is 6.58. The predicted octanol–water partition coefficient (Wildman–Crippen LogP) is 6.23. The van der Waals surface area contributed by atoms with Crippen LogP contribution in [0.2, 0.25) is 10.0 Å². The minimum atomic E-state index is -4.19. The molecule has 0 aliphatic heterocycles. The van der Waals surface area contributed by atoms with E-state index in [1.54, 1.807) is 35.9 Å². The standard InChI is InChI=1S/C21H20Cl2F3N5O2/c1-31-18-16(29-19(31)30-17-14(22)3-2-4-15(17)23)9-13(10-27-18)33-20(32)28-12-7-5-11(6-8-12)21(24,25)26/h2-4,9-12H,5-8H2,1H3,(H,28,32)(H,29,30)/t11-,12-. The number of halogens is 5. The Morgan fingerprint density at radius 1 is 1.18 bits per heavy atom. The number of pyridine rings is 1. The molecule has 0 radical (unpaired) electrons. The Labute approximate surface area is 197 Å². The number of aromatic nitrogens is 3. The number of hydrogen-bond donors (Lipinski definition) is 2. The number of fused-ring (bicyclic) bond motifs is 1. The predicted molar refractivity (Wildman–Crippen MR) is 119 cm³/mol. The van der Waals surface area contributed by atoms with Crippen LogP contribution in [0.5, 0.6) is 5.75 Å². The molecule has 12 heteroatoms. The molecule has 33 heavy (non-hydrogen) atoms. The number of hydrogen-bond acceptors (Lipinski definition) is 5. The molecule has 4 rings (SSSR count). The van der Waals surface area contributed by atoms with Crippen molar-refractivity contribution in [3.63, 3.8) is 0 Å². The van der Waals surface area contributed by atoms with Crippen LogP contribution in [-0.2, 0) is 7.05 Å². The molecular weight excluding hydrogens is 482 g/mol. The van der Waals surface area contributed by atoms with E-state index in [1.807, 2.05) is 0 Å². The van der Waals surface area contributed by atoms with E-state index in [1.165, 1.54) is 6.20 Å². The van der Waals surface area contributed by atoms with E-state index in [-0.39, 0.29) is 37.5 Å². The van der Waals surface area contributed by atoms with Gasteiger partial charge in [0.05, 0.1) is 27.8 Å². The van der Waals surface area contributed by atoms with Crippen LogP contribution >= 0.6 is 23.2 Å². The lowest BCUT2D eigenvalue weighted by atomic mass is 9.86. The van der Waals surface area contributed by atoms with Gasteiger partial charge in [-0.3, -0.25) is 4.57 Å². The van der Waals surface area contributed by atoms with Crippen molar-refractivity contribution < 1.29 is 22.7 Å². The van der Waals surface area contributed by atoms with Crippen LogP contribution in [-0.4, -0.2) is 32.8 Å². The molecule has 2 aromatic heterocycles. The average molecular weight is 502 g/mol. The molecule has 0 saturated heterocycles. The summed E-state index contributed by atoms with van der Waals surface area (Å²) in [6.45, 7) is 0. The van der Waals surface area contributed by atoms with Gasteiger partial charge in [0.15, 0.2) is 11.4 Å². The second-order valence-corrected chi connectivity index (χ2v) is 8.67. The summed E-state index contributed by atoms with van der Waals surface area (Å²) in [5.41, 5.74) is 1.48. The maximum Gasteiger partial charge on any atom is 0.412 e. The van der Waals surface area contributed by atoms with Gasteiger partial charge in [-0.1, -0.05) is 29.3 Å². The number of benzene rings is 1. The number of ether oxygens (including phenoxy) is 1. The van der Waals surface area contributed by atoms with Crippen molar-refractivity contribution in [2.45, 2.75) is 37.9 Å². The zero-order valence-corrected chi connectivity index (χ0v) is 18.9. The summed E-state index contributed by atoms with van der Waals surface area (Å²) in [5, 5.41) is 6.55. The summed E-state index contributed by atoms with van der Waals surface area (Å²) in [6.07, 6.45) is -3.10. The molecule has 0 unspecified atom stereocenters. The number of amides is 1. The molecule has 2 N–H and O–H groups in total. The van der Waals surface area contributed by atoms with Crippen molar-refractivity contribution in [1.29, 1.82) is 0 Å². The van der Waals surface area contributed by atoms with Gasteiger partial charge < -0.3 is 15.4 Å². The third-order valence-electron chi connectivity index (χ3n) is 5.61. The van der Waals surface area contributed by atoms with Crippen LogP contribution in [0.15, 0.2) is 30.5 Å². The number of imidazole rings is 1. The zero-order chi connectivity index (χ0) is 23.8. The molecule has 7 nitrogen and oxygen atoms in total. The van der Waals surface area contributed by atoms with E-state index >= 15 is 0 Å². The molecule has 1 aliphatic carbocycles. The average Bonchev–Trinajstić information content (AvgIpc) is 3.05. The van der Waals surface area contributed by atoms with Gasteiger partial charge in [-0.15, -0.1) is 0 Å². The molecule has 0 bridgehead atoms. The van der Waals surface area contributed by atoms with E-state index < -0.39 is 18.2 Å². The Balaban J connectivity index is 1.42. The monoisotopic (exact) mass is 501 g/mol. The number of nitrogens with zero attached hydrogens (tertiary/aromatic N) is 3. The minimum Gasteiger partial charge on any atom is -0.409 e. The van der Waals surface area contributed by atoms with Crippen LogP contribution in [0, 0.1) is 5.92 Å². The first-order valence-electron chi connectivity index (χ1n) is 10.2. The van der Waals surface area contributed by atoms with E-state index in [0.29, 0.717) is 32.8 Å². The largest absolute Gasteiger partial charge is 0.412 e. The van der Waals surface area contributed by atoms with E-state index in [9.17, 15) is 18.0 Å². The number of rotatable bonds is 4. The smallest absolute Gasteiger partial charge is 0.409 e. The van der Waals surface area contributed by atoms with Crippen LogP contribution in [0.4, 0.5) is 29.6 Å². The summed E-state index contributed by atoms with van der Waals surface area (Å²) < 4.78 is 45.4. The molecule has 0 atom stereocenters. The van der Waals surface area contributed by atoms with Crippen molar-refractivity contribution in [3.05, 3.63) is 40.5 Å². The molecule has 0 spiro atoms. The number of aryl methyl sites for hydroxylation is 1. The number of nitrogens with one attached hydrogen (secondary N) is 2. The van der Waals surface area contributed by atoms with Gasteiger partial charge in [0.1, 0.15) is 5.52 Å². The summed E-state index contributed by atoms with van der Waals surface area (Å²) in [4.78, 5) is 21.0. The number of carbonyl (C=O) groups is 1. The summed E-state index contributed by atoms with van der Waals surface area (Å²) in [7, 11) is 1.75. The van der Waals surface area contributed by atoms with Crippen LogP contribution < -0.4 is 15.4 Å². The topological polar surface area (TPSA) is 81.1 Å². The van der Waals surface area contributed by atoms with Crippen LogP contribution in [0.25, 0.3) is 11.2 Å². The molecular formula is C21H20Cl2F3N5O2. The molecule has 176 valence electrons. The Bertz CT molecular complexity index is 1160. The third kappa shape index (κ3) is 5.27. The molecule has 2 heterocycles. The van der Waals surface area contributed by atoms with Gasteiger partial charge in [-0.25, -0.2) is 14.8 Å². The van der Waals surface area contributed by atoms with Gasteiger partial charge in [0.25, 0.3) is 0 Å². The molecule has 1 aromatic carbocycles. The maximum absolute atomic E-state index is 12.8. The first-order chi connectivity index (χ1) is 15.6. The first kappa shape index (κ1) is 23.4. The van der Waals surface area contributed by atoms with E-state index in [0.717, 1.165) is 0 Å². The van der Waals surface area contributed by atoms with Gasteiger partial charge in [0, 0.05) is 19.2 Å². The summed E-state index contributed by atoms with van der Waals surface area (Å²) >= 11 is 12.4. The van der Waals surface area contributed by atoms with Crippen molar-refractivity contribution >= 4 is 52.1 Å². The van der Waals surface area contributed by atoms with E-state index in [4.69, 9.17) is 27.9 Å². The van der Waals surface area contributed by atoms with Gasteiger partial charge >= 0.3 is 12.3 Å². The molecule has 1 aliphatic rings. The fraction of sp³-hybridized carbons (Fsp3) is 0.381. The Hall–Kier alpha value is -2.72. The zero-order valence-electron chi connectivity index (χ0n) is 17.4. The Morgan fingerprint density at radius 2 is 1.85 bits per heavy atom. The fourth-order valence-electron chi connectivity index (χ4n) is 3.82. The quantitative estimate of drug-likeness (QED) is 0.442. The second-order valence-electron chi connectivity index (χ2n) is 7.85. The number of alkyl halides is 3. The highest BCUT2D eigenvalue weighted by Gasteiger charge is 2.41. The highest BCUT2D eigenvalue weighted by molar-refractivity contribution is 6.39.